The van der Waals surface area contributed by atoms with Crippen LogP contribution in [0.3, 0.4) is 0 Å². The van der Waals surface area contributed by atoms with Crippen molar-refractivity contribution in [3.8, 4) is 5.69 Å². The minimum atomic E-state index is -3.84. The van der Waals surface area contributed by atoms with Gasteiger partial charge in [0.25, 0.3) is 11.5 Å². The number of sulfonamides is 1. The molecule has 0 unspecified atom stereocenters. The summed E-state index contributed by atoms with van der Waals surface area (Å²) < 4.78 is 28.7. The summed E-state index contributed by atoms with van der Waals surface area (Å²) in [4.78, 5) is 41.9. The van der Waals surface area contributed by atoms with Crippen molar-refractivity contribution in [1.29, 1.82) is 0 Å². The van der Waals surface area contributed by atoms with Gasteiger partial charge in [0, 0.05) is 36.6 Å². The van der Waals surface area contributed by atoms with Crippen molar-refractivity contribution in [2.24, 2.45) is 7.05 Å². The summed E-state index contributed by atoms with van der Waals surface area (Å²) in [6.07, 6.45) is 4.63. The topological polar surface area (TPSA) is 157 Å². The highest BCUT2D eigenvalue weighted by molar-refractivity contribution is 7.89. The summed E-state index contributed by atoms with van der Waals surface area (Å²) in [6.45, 7) is 6.66. The number of nitrogens with zero attached hydrogens (tertiary/aromatic N) is 7. The first-order chi connectivity index (χ1) is 21.3. The van der Waals surface area contributed by atoms with Crippen molar-refractivity contribution in [3.63, 3.8) is 0 Å². The van der Waals surface area contributed by atoms with Crippen LogP contribution < -0.4 is 20.5 Å². The molecule has 5 aromatic rings. The number of aromatic nitrogens is 6. The predicted octanol–water partition coefficient (Wildman–Crippen LogP) is 3.56. The Hall–Kier alpha value is -4.82. The largest absolute Gasteiger partial charge is 0.377 e. The van der Waals surface area contributed by atoms with E-state index < -0.39 is 22.0 Å². The van der Waals surface area contributed by atoms with E-state index in [0.717, 1.165) is 34.5 Å². The Morgan fingerprint density at radius 3 is 2.56 bits per heavy atom. The third-order valence-electron chi connectivity index (χ3n) is 7.55. The molecule has 0 saturated heterocycles. The zero-order chi connectivity index (χ0) is 32.2. The van der Waals surface area contributed by atoms with Gasteiger partial charge in [-0.15, -0.1) is 0 Å². The van der Waals surface area contributed by atoms with Crippen LogP contribution in [0.5, 0.6) is 0 Å². The van der Waals surface area contributed by atoms with E-state index in [1.165, 1.54) is 6.07 Å². The summed E-state index contributed by atoms with van der Waals surface area (Å²) in [5, 5.41) is 8.47. The Morgan fingerprint density at radius 1 is 1.09 bits per heavy atom. The number of carbonyl (C=O) groups is 1. The molecule has 0 bridgehead atoms. The van der Waals surface area contributed by atoms with Gasteiger partial charge in [-0.05, 0) is 56.7 Å². The van der Waals surface area contributed by atoms with Crippen LogP contribution in [0.15, 0.2) is 53.6 Å². The van der Waals surface area contributed by atoms with Gasteiger partial charge in [-0.3, -0.25) is 19.1 Å². The number of nitrogens with one attached hydrogen (secondary N) is 2. The third-order valence-corrected chi connectivity index (χ3v) is 8.31. The van der Waals surface area contributed by atoms with Crippen LogP contribution in [-0.4, -0.2) is 49.9 Å². The van der Waals surface area contributed by atoms with Gasteiger partial charge in [-0.2, -0.15) is 5.10 Å². The fraction of sp³-hybridized carbons (Fsp3) is 0.267. The van der Waals surface area contributed by atoms with Gasteiger partial charge in [0.1, 0.15) is 5.15 Å². The van der Waals surface area contributed by atoms with Gasteiger partial charge in [-0.25, -0.2) is 27.8 Å². The fourth-order valence-electron chi connectivity index (χ4n) is 5.43. The Balaban J connectivity index is 1.35. The van der Waals surface area contributed by atoms with Crippen LogP contribution in [0.4, 0.5) is 11.6 Å². The maximum absolute atomic E-state index is 13.7. The highest BCUT2D eigenvalue weighted by Gasteiger charge is 2.28. The molecular formula is C30H30ClN9O4S. The molecule has 2 N–H and O–H groups in total. The Kier molecular flexibility index (Phi) is 7.57. The van der Waals surface area contributed by atoms with Gasteiger partial charge >= 0.3 is 0 Å². The molecule has 1 atom stereocenters. The molecule has 45 heavy (non-hydrogen) atoms. The predicted molar refractivity (Wildman–Crippen MR) is 171 cm³/mol. The van der Waals surface area contributed by atoms with Crippen LogP contribution >= 0.6 is 11.6 Å². The molecule has 13 nitrogen and oxygen atoms in total. The number of amides is 1. The van der Waals surface area contributed by atoms with E-state index in [9.17, 15) is 18.0 Å². The summed E-state index contributed by atoms with van der Waals surface area (Å²) in [6, 6.07) is 10.2. The van der Waals surface area contributed by atoms with Gasteiger partial charge in [-0.1, -0.05) is 17.7 Å². The second kappa shape index (κ2) is 11.3. The molecule has 0 radical (unpaired) electrons. The van der Waals surface area contributed by atoms with Crippen LogP contribution in [0, 0.1) is 13.8 Å². The van der Waals surface area contributed by atoms with Gasteiger partial charge in [0.2, 0.25) is 16.0 Å². The van der Waals surface area contributed by atoms with E-state index in [0.29, 0.717) is 35.5 Å². The lowest BCUT2D eigenvalue weighted by molar-refractivity contribution is 0.0977. The van der Waals surface area contributed by atoms with Crippen LogP contribution in [0.25, 0.3) is 16.6 Å². The molecule has 0 spiro atoms. The minimum absolute atomic E-state index is 0.0245. The first-order valence-corrected chi connectivity index (χ1v) is 16.3. The van der Waals surface area contributed by atoms with Crippen LogP contribution in [0.2, 0.25) is 5.15 Å². The number of rotatable bonds is 7. The third kappa shape index (κ3) is 5.98. The van der Waals surface area contributed by atoms with Crippen molar-refractivity contribution < 1.29 is 13.2 Å². The van der Waals surface area contributed by atoms with Gasteiger partial charge in [0.05, 0.1) is 53.0 Å². The summed E-state index contributed by atoms with van der Waals surface area (Å²) in [7, 11) is -2.14. The van der Waals surface area contributed by atoms with E-state index in [4.69, 9.17) is 21.7 Å². The zero-order valence-electron chi connectivity index (χ0n) is 25.2. The van der Waals surface area contributed by atoms with E-state index in [1.807, 2.05) is 59.5 Å². The van der Waals surface area contributed by atoms with E-state index in [1.54, 1.807) is 29.9 Å². The minimum Gasteiger partial charge on any atom is -0.377 e. The maximum Gasteiger partial charge on any atom is 0.285 e. The van der Waals surface area contributed by atoms with Crippen LogP contribution in [0.1, 0.15) is 51.5 Å². The monoisotopic (exact) mass is 647 g/mol. The molecule has 5 heterocycles. The lowest BCUT2D eigenvalue weighted by Gasteiger charge is -2.23. The van der Waals surface area contributed by atoms with E-state index in [-0.39, 0.29) is 22.1 Å². The average Bonchev–Trinajstić information content (AvgIpc) is 3.55. The molecule has 1 amide bonds. The maximum atomic E-state index is 13.7. The number of hydrogen-bond acceptors (Lipinski definition) is 10. The van der Waals surface area contributed by atoms with Crippen LogP contribution in [-0.2, 0) is 30.2 Å². The Bertz CT molecular complexity index is 2140. The molecule has 232 valence electrons. The first kappa shape index (κ1) is 30.2. The fourth-order valence-corrected chi connectivity index (χ4v) is 6.01. The van der Waals surface area contributed by atoms with E-state index >= 15 is 0 Å². The molecule has 4 aromatic heterocycles. The Labute approximate surface area is 264 Å². The molecule has 1 aromatic carbocycles. The molecule has 6 rings (SSSR count). The first-order valence-electron chi connectivity index (χ1n) is 14.0. The van der Waals surface area contributed by atoms with E-state index in [2.05, 4.69) is 15.3 Å². The second-order valence-electron chi connectivity index (χ2n) is 11.2. The number of carbonyl (C=O) groups excluding carboxylic acids is 1. The smallest absolute Gasteiger partial charge is 0.285 e. The number of pyridine rings is 2. The van der Waals surface area contributed by atoms with Gasteiger partial charge in [0.15, 0.2) is 5.69 Å². The van der Waals surface area contributed by atoms with Gasteiger partial charge < -0.3 is 10.2 Å². The second-order valence-corrected chi connectivity index (χ2v) is 13.3. The standard InChI is InChI=1S/C30H30ClN9O4S/c1-16-10-21(18(3)33-23-8-9-25(31)34-27(23)28(41)37-45(5,43)44)26-22(11-16)29(42)38(4)30(35-26)39-13-19-14-40(36-24(19)15-39)20-7-6-17(2)32-12-20/h6-12,14,18,33H,13,15H2,1-5H3,(H,37,41)/t18-/m1/s1. The Morgan fingerprint density at radius 2 is 1.87 bits per heavy atom. The number of anilines is 2. The molecular weight excluding hydrogens is 618 g/mol. The number of halogens is 1. The quantitative estimate of drug-likeness (QED) is 0.250. The molecule has 1 aliphatic heterocycles. The summed E-state index contributed by atoms with van der Waals surface area (Å²) in [5.74, 6) is -0.431. The van der Waals surface area contributed by atoms with Crippen molar-refractivity contribution in [1.82, 2.24) is 34.0 Å². The molecule has 0 aliphatic carbocycles. The number of hydrogen-bond donors (Lipinski definition) is 2. The van der Waals surface area contributed by atoms with Crippen molar-refractivity contribution >= 4 is 50.1 Å². The van der Waals surface area contributed by atoms with Crippen molar-refractivity contribution in [2.75, 3.05) is 16.5 Å². The SMILES string of the molecule is Cc1cc([C@@H](C)Nc2ccc(Cl)nc2C(=O)NS(C)(=O)=O)c2nc(N3Cc4cn(-c5ccc(C)nc5)nc4C3)n(C)c(=O)c2c1. The lowest BCUT2D eigenvalue weighted by Crippen LogP contribution is -2.31. The number of fused-ring (bicyclic) bond motifs is 2. The molecule has 0 saturated carbocycles. The number of benzene rings is 1. The lowest BCUT2D eigenvalue weighted by atomic mass is 10.0. The highest BCUT2D eigenvalue weighted by atomic mass is 35.5. The molecule has 0 fully saturated rings. The molecule has 15 heteroatoms. The highest BCUT2D eigenvalue weighted by Crippen LogP contribution is 2.31. The molecule has 1 aliphatic rings. The zero-order valence-corrected chi connectivity index (χ0v) is 26.7. The van der Waals surface area contributed by atoms with Crippen molar-refractivity contribution in [3.05, 3.63) is 98.1 Å². The average molecular weight is 648 g/mol. The number of aryl methyl sites for hydroxylation is 2. The summed E-state index contributed by atoms with van der Waals surface area (Å²) in [5.41, 5.74) is 5.65. The summed E-state index contributed by atoms with van der Waals surface area (Å²) >= 11 is 6.04. The normalized spacial score (nSPS) is 13.6. The van der Waals surface area contributed by atoms with Crippen molar-refractivity contribution in [2.45, 2.75) is 39.9 Å².